The summed E-state index contributed by atoms with van der Waals surface area (Å²) >= 11 is 22.1. The number of amides is 1. The second kappa shape index (κ2) is 22.1. The molecule has 0 radical (unpaired) electrons. The van der Waals surface area contributed by atoms with Gasteiger partial charge in [0.25, 0.3) is 0 Å². The van der Waals surface area contributed by atoms with Crippen LogP contribution in [0.1, 0.15) is 81.1 Å². The van der Waals surface area contributed by atoms with E-state index in [9.17, 15) is 28.0 Å². The van der Waals surface area contributed by atoms with E-state index in [2.05, 4.69) is 5.32 Å². The van der Waals surface area contributed by atoms with Crippen LogP contribution in [0, 0.1) is 23.5 Å². The second-order valence-corrected chi connectivity index (χ2v) is 14.7. The number of carboxylic acid groups (broad SMARTS) is 1. The van der Waals surface area contributed by atoms with Crippen LogP contribution in [-0.2, 0) is 33.4 Å². The zero-order valence-corrected chi connectivity index (χ0v) is 32.4. The number of hydrogen-bond donors (Lipinski definition) is 3. The molecular weight excluding hydrogens is 744 g/mol. The molecule has 1 amide bonds. The van der Waals surface area contributed by atoms with Gasteiger partial charge < -0.3 is 30.4 Å². The number of carboxylic acids is 1. The molecule has 1 saturated heterocycles. The molecule has 282 valence electrons. The number of nitrogens with two attached hydrogens (primary N) is 1. The normalized spacial score (nSPS) is 13.5. The van der Waals surface area contributed by atoms with Crippen LogP contribution >= 0.6 is 46.4 Å². The number of ether oxygens (including phenoxy) is 3. The zero-order valence-electron chi connectivity index (χ0n) is 29.4. The van der Waals surface area contributed by atoms with E-state index in [0.717, 1.165) is 13.2 Å². The van der Waals surface area contributed by atoms with Gasteiger partial charge in [-0.1, -0.05) is 60.3 Å². The van der Waals surface area contributed by atoms with Gasteiger partial charge in [0.1, 0.15) is 11.2 Å². The van der Waals surface area contributed by atoms with E-state index in [1.165, 1.54) is 44.0 Å². The molecule has 0 aromatic heterocycles. The van der Waals surface area contributed by atoms with Gasteiger partial charge in [-0.3, -0.25) is 19.2 Å². The fraction of sp³-hybridized carbons (Fsp3) is 0.529. The Hall–Kier alpha value is -2.90. The summed E-state index contributed by atoms with van der Waals surface area (Å²) < 4.78 is 40.9. The number of nitrogens with one attached hydrogen (secondary N) is 1. The highest BCUT2D eigenvalue weighted by Crippen LogP contribution is 2.28. The monoisotopic (exact) mass is 788 g/mol. The van der Waals surface area contributed by atoms with Crippen LogP contribution in [0.4, 0.5) is 20.2 Å². The Morgan fingerprint density at radius 1 is 0.780 bits per heavy atom. The van der Waals surface area contributed by atoms with Crippen molar-refractivity contribution in [1.29, 1.82) is 0 Å². The third-order valence-corrected chi connectivity index (χ3v) is 6.84. The third-order valence-electron chi connectivity index (χ3n) is 5.74. The van der Waals surface area contributed by atoms with Gasteiger partial charge in [-0.2, -0.15) is 0 Å². The van der Waals surface area contributed by atoms with E-state index in [0.29, 0.717) is 5.69 Å². The van der Waals surface area contributed by atoms with Crippen molar-refractivity contribution in [3.63, 3.8) is 0 Å². The molecule has 1 aliphatic heterocycles. The fourth-order valence-electron chi connectivity index (χ4n) is 3.42. The van der Waals surface area contributed by atoms with Gasteiger partial charge >= 0.3 is 17.9 Å². The van der Waals surface area contributed by atoms with Crippen molar-refractivity contribution in [3.05, 3.63) is 56.0 Å². The lowest BCUT2D eigenvalue weighted by molar-refractivity contribution is -0.159. The summed E-state index contributed by atoms with van der Waals surface area (Å²) in [6.07, 6.45) is 2.42. The molecule has 0 spiro atoms. The molecule has 10 nitrogen and oxygen atoms in total. The fourth-order valence-corrected chi connectivity index (χ4v) is 4.42. The minimum atomic E-state index is -0.981. The smallest absolute Gasteiger partial charge is 0.307 e. The third kappa shape index (κ3) is 21.3. The van der Waals surface area contributed by atoms with Gasteiger partial charge in [0.2, 0.25) is 5.91 Å². The maximum Gasteiger partial charge on any atom is 0.307 e. The van der Waals surface area contributed by atoms with Crippen LogP contribution in [-0.4, -0.2) is 53.3 Å². The van der Waals surface area contributed by atoms with E-state index in [1.54, 1.807) is 48.5 Å². The van der Waals surface area contributed by atoms with Crippen molar-refractivity contribution in [2.45, 2.75) is 92.3 Å². The van der Waals surface area contributed by atoms with E-state index in [4.69, 9.17) is 71.5 Å². The summed E-state index contributed by atoms with van der Waals surface area (Å²) in [4.78, 5) is 45.2. The Balaban J connectivity index is 0.000000721. The van der Waals surface area contributed by atoms with Gasteiger partial charge in [-0.15, -0.1) is 0 Å². The van der Waals surface area contributed by atoms with Crippen LogP contribution in [0.2, 0.25) is 20.1 Å². The molecular formula is C34H46Cl4F2N2O8. The summed E-state index contributed by atoms with van der Waals surface area (Å²) in [7, 11) is 0. The quantitative estimate of drug-likeness (QED) is 0.141. The molecule has 1 heterocycles. The number of halogens is 6. The van der Waals surface area contributed by atoms with Gasteiger partial charge in [0, 0.05) is 30.5 Å². The number of esters is 2. The average molecular weight is 791 g/mol. The molecule has 0 saturated carbocycles. The summed E-state index contributed by atoms with van der Waals surface area (Å²) in [5, 5.41) is 10.6. The van der Waals surface area contributed by atoms with Gasteiger partial charge in [0.15, 0.2) is 11.6 Å². The van der Waals surface area contributed by atoms with Gasteiger partial charge in [-0.05, 0) is 78.6 Å². The lowest BCUT2D eigenvalue weighted by Gasteiger charge is -2.20. The van der Waals surface area contributed by atoms with Crippen LogP contribution in [0.5, 0.6) is 0 Å². The molecule has 2 aromatic rings. The van der Waals surface area contributed by atoms with Crippen molar-refractivity contribution < 1.29 is 47.3 Å². The summed E-state index contributed by atoms with van der Waals surface area (Å²) in [5.41, 5.74) is 4.76. The molecule has 1 fully saturated rings. The number of aliphatic carboxylic acids is 1. The van der Waals surface area contributed by atoms with E-state index >= 15 is 0 Å². The predicted octanol–water partition coefficient (Wildman–Crippen LogP) is 9.39. The minimum absolute atomic E-state index is 0.0509. The van der Waals surface area contributed by atoms with Crippen molar-refractivity contribution in [2.24, 2.45) is 11.8 Å². The second-order valence-electron chi connectivity index (χ2n) is 13.1. The topological polar surface area (TPSA) is 154 Å². The SMILES string of the molecule is C1CCOC1.C[C@@H](CC(=O)OC(C)(C)C)C(=O)Nc1cc(Cl)c(F)c(Cl)c1.C[C@@H](CC(=O)OC(C)(C)C)C(=O)O.Nc1cc(Cl)c(F)c(Cl)c1. The van der Waals surface area contributed by atoms with Gasteiger partial charge in [0.05, 0.1) is 38.9 Å². The molecule has 3 rings (SSSR count). The highest BCUT2D eigenvalue weighted by atomic mass is 35.5. The van der Waals surface area contributed by atoms with Gasteiger partial charge in [-0.25, -0.2) is 8.78 Å². The lowest BCUT2D eigenvalue weighted by Crippen LogP contribution is -2.28. The van der Waals surface area contributed by atoms with E-state index < -0.39 is 58.5 Å². The van der Waals surface area contributed by atoms with Crippen LogP contribution in [0.25, 0.3) is 0 Å². The lowest BCUT2D eigenvalue weighted by atomic mass is 10.1. The molecule has 0 aliphatic carbocycles. The molecule has 1 aliphatic rings. The first-order chi connectivity index (χ1) is 22.8. The first-order valence-electron chi connectivity index (χ1n) is 15.4. The molecule has 2 atom stereocenters. The molecule has 16 heteroatoms. The Morgan fingerprint density at radius 3 is 1.46 bits per heavy atom. The van der Waals surface area contributed by atoms with E-state index in [-0.39, 0.29) is 38.6 Å². The number of anilines is 2. The first kappa shape index (κ1) is 47.1. The van der Waals surface area contributed by atoms with Crippen LogP contribution in [0.15, 0.2) is 24.3 Å². The number of nitrogen functional groups attached to an aromatic ring is 1. The molecule has 0 bridgehead atoms. The number of carbonyl (C=O) groups excluding carboxylic acids is 3. The standard InChI is InChI=1S/C15H18Cl2FNO3.C9H16O4.C6H4Cl2FN.C4H8O/c1-8(5-12(20)22-15(2,3)4)14(21)19-9-6-10(16)13(18)11(17)7-9;1-6(8(11)12)5-7(10)13-9(2,3)4;7-4-1-3(10)2-5(8)6(4)9;1-2-4-5-3-1/h6-8H,5H2,1-4H3,(H,19,21);6H,5H2,1-4H3,(H,11,12);1-2H,10H2;1-4H2/t8-;6-;;/m00../s1. The molecule has 4 N–H and O–H groups in total. The maximum absolute atomic E-state index is 13.3. The number of carbonyl (C=O) groups is 4. The van der Waals surface area contributed by atoms with Crippen molar-refractivity contribution >= 4 is 81.6 Å². The molecule has 0 unspecified atom stereocenters. The minimum Gasteiger partial charge on any atom is -0.481 e. The number of rotatable bonds is 7. The average Bonchev–Trinajstić information content (AvgIpc) is 3.53. The van der Waals surface area contributed by atoms with Crippen LogP contribution in [0.3, 0.4) is 0 Å². The van der Waals surface area contributed by atoms with Crippen molar-refractivity contribution in [2.75, 3.05) is 24.3 Å². The van der Waals surface area contributed by atoms with Crippen molar-refractivity contribution in [1.82, 2.24) is 0 Å². The Labute approximate surface area is 312 Å². The first-order valence-corrected chi connectivity index (χ1v) is 16.9. The van der Waals surface area contributed by atoms with Crippen LogP contribution < -0.4 is 11.1 Å². The predicted molar refractivity (Wildman–Crippen MR) is 193 cm³/mol. The van der Waals surface area contributed by atoms with E-state index in [1.807, 2.05) is 0 Å². The summed E-state index contributed by atoms with van der Waals surface area (Å²) in [6.45, 7) is 15.6. The number of hydrogen-bond acceptors (Lipinski definition) is 8. The Morgan fingerprint density at radius 2 is 1.14 bits per heavy atom. The maximum atomic E-state index is 13.3. The van der Waals surface area contributed by atoms with Crippen molar-refractivity contribution in [3.8, 4) is 0 Å². The Kier molecular flexibility index (Phi) is 20.8. The highest BCUT2D eigenvalue weighted by molar-refractivity contribution is 6.36. The summed E-state index contributed by atoms with van der Waals surface area (Å²) in [6, 6.07) is 5.12. The summed E-state index contributed by atoms with van der Waals surface area (Å²) in [5.74, 6) is -5.00. The number of benzene rings is 2. The zero-order chi connectivity index (χ0) is 39.0. The molecule has 2 aromatic carbocycles. The molecule has 50 heavy (non-hydrogen) atoms. The largest absolute Gasteiger partial charge is 0.481 e. The Bertz CT molecular complexity index is 1390. The highest BCUT2D eigenvalue weighted by Gasteiger charge is 2.23.